The van der Waals surface area contributed by atoms with Crippen LogP contribution < -0.4 is 10.6 Å². The van der Waals surface area contributed by atoms with E-state index in [1.54, 1.807) is 0 Å². The summed E-state index contributed by atoms with van der Waals surface area (Å²) in [6.07, 6.45) is 2.98. The van der Waals surface area contributed by atoms with Crippen LogP contribution in [-0.2, 0) is 22.6 Å². The number of halogens is 3. The van der Waals surface area contributed by atoms with Crippen LogP contribution in [0.4, 0.5) is 14.5 Å². The molecule has 0 unspecified atom stereocenters. The number of carbonyl (C=O) groups is 4. The topological polar surface area (TPSA) is 127 Å². The van der Waals surface area contributed by atoms with Crippen molar-refractivity contribution < 1.29 is 28.0 Å². The van der Waals surface area contributed by atoms with Crippen LogP contribution in [0.1, 0.15) is 65.1 Å². The summed E-state index contributed by atoms with van der Waals surface area (Å²) >= 11 is 6.47. The standard InChI is InChI=1S/C24H21ClF2N4O5/c25-17-16(20(33)28-12-3-4-13(26)14(27)10-12)15-2-1-9-31(15)18(17)19(32)21(34)29-24-7-5-23(11-24,6-8-24)22(35)30-36/h3-4,10H,1-2,5-9,11H2,(H,28,33)(H,29,34). The summed E-state index contributed by atoms with van der Waals surface area (Å²) in [6, 6.07) is 2.88. The number of hydrogen-bond acceptors (Lipinski definition) is 5. The number of nitrogens with zero attached hydrogens (tertiary/aromatic N) is 2. The highest BCUT2D eigenvalue weighted by Gasteiger charge is 2.59. The highest BCUT2D eigenvalue weighted by molar-refractivity contribution is 6.48. The fourth-order valence-corrected chi connectivity index (χ4v) is 6.32. The smallest absolute Gasteiger partial charge is 0.294 e. The third kappa shape index (κ3) is 3.73. The molecule has 0 atom stereocenters. The van der Waals surface area contributed by atoms with Crippen molar-refractivity contribution in [3.05, 3.63) is 56.7 Å². The molecular formula is C24H21ClF2N4O5. The Hall–Kier alpha value is -3.47. The molecule has 3 aliphatic rings. The first-order valence-corrected chi connectivity index (χ1v) is 11.9. The number of nitroso groups, excluding NO2 is 1. The minimum atomic E-state index is -1.14. The molecule has 2 aliphatic carbocycles. The molecule has 188 valence electrons. The highest BCUT2D eigenvalue weighted by Crippen LogP contribution is 2.57. The first kappa shape index (κ1) is 24.2. The molecular weight excluding hydrogens is 498 g/mol. The van der Waals surface area contributed by atoms with Crippen molar-refractivity contribution in [2.75, 3.05) is 5.32 Å². The number of fused-ring (bicyclic) bond motifs is 3. The van der Waals surface area contributed by atoms with Gasteiger partial charge in [-0.1, -0.05) is 11.6 Å². The molecule has 2 bridgehead atoms. The first-order valence-electron chi connectivity index (χ1n) is 11.5. The van der Waals surface area contributed by atoms with Crippen LogP contribution in [0.2, 0.25) is 5.02 Å². The van der Waals surface area contributed by atoms with Gasteiger partial charge in [0.2, 0.25) is 0 Å². The third-order valence-corrected chi connectivity index (χ3v) is 8.06. The molecule has 0 spiro atoms. The fourth-order valence-electron chi connectivity index (χ4n) is 5.93. The Morgan fingerprint density at radius 3 is 2.44 bits per heavy atom. The summed E-state index contributed by atoms with van der Waals surface area (Å²) in [5.41, 5.74) is -1.33. The zero-order valence-corrected chi connectivity index (χ0v) is 19.7. The van der Waals surface area contributed by atoms with Crippen LogP contribution in [0.3, 0.4) is 0 Å². The lowest BCUT2D eigenvalue weighted by atomic mass is 9.83. The molecule has 2 heterocycles. The van der Waals surface area contributed by atoms with Crippen LogP contribution in [0.15, 0.2) is 23.4 Å². The second kappa shape index (κ2) is 8.58. The number of amides is 3. The molecule has 2 N–H and O–H groups in total. The quantitative estimate of drug-likeness (QED) is 0.340. The van der Waals surface area contributed by atoms with Crippen molar-refractivity contribution in [1.29, 1.82) is 0 Å². The van der Waals surface area contributed by atoms with Gasteiger partial charge in [0.25, 0.3) is 23.5 Å². The maximum absolute atomic E-state index is 13.6. The number of ketones is 1. The van der Waals surface area contributed by atoms with E-state index in [0.717, 1.165) is 12.1 Å². The van der Waals surface area contributed by atoms with Crippen molar-refractivity contribution in [1.82, 2.24) is 9.88 Å². The lowest BCUT2D eigenvalue weighted by Crippen LogP contribution is -2.48. The van der Waals surface area contributed by atoms with E-state index in [1.807, 2.05) is 0 Å². The Morgan fingerprint density at radius 1 is 1.06 bits per heavy atom. The summed E-state index contributed by atoms with van der Waals surface area (Å²) in [7, 11) is 0. The Labute approximate surface area is 208 Å². The molecule has 0 radical (unpaired) electrons. The molecule has 1 aliphatic heterocycles. The first-order chi connectivity index (χ1) is 17.1. The van der Waals surface area contributed by atoms with Gasteiger partial charge in [-0.15, -0.1) is 4.91 Å². The minimum absolute atomic E-state index is 0.00273. The van der Waals surface area contributed by atoms with Gasteiger partial charge in [-0.3, -0.25) is 19.2 Å². The second-order valence-electron chi connectivity index (χ2n) is 9.74. The molecule has 9 nitrogen and oxygen atoms in total. The van der Waals surface area contributed by atoms with Gasteiger partial charge >= 0.3 is 0 Å². The van der Waals surface area contributed by atoms with Crippen LogP contribution in [0.25, 0.3) is 0 Å². The zero-order valence-electron chi connectivity index (χ0n) is 19.0. The van der Waals surface area contributed by atoms with E-state index in [0.29, 0.717) is 50.8 Å². The largest absolute Gasteiger partial charge is 0.344 e. The van der Waals surface area contributed by atoms with Crippen molar-refractivity contribution in [2.24, 2.45) is 10.6 Å². The van der Waals surface area contributed by atoms with Gasteiger partial charge in [0.05, 0.1) is 16.0 Å². The number of carbonyl (C=O) groups excluding carboxylic acids is 4. The van der Waals surface area contributed by atoms with E-state index in [4.69, 9.17) is 11.6 Å². The van der Waals surface area contributed by atoms with Crippen LogP contribution >= 0.6 is 11.6 Å². The number of benzene rings is 1. The average Bonchev–Trinajstić information content (AvgIpc) is 3.60. The minimum Gasteiger partial charge on any atom is -0.344 e. The number of Topliss-reactive ketones (excluding diaryl/α,β-unsaturated/α-hetero) is 1. The van der Waals surface area contributed by atoms with Crippen LogP contribution in [0.5, 0.6) is 0 Å². The van der Waals surface area contributed by atoms with Gasteiger partial charge in [-0.05, 0) is 57.1 Å². The zero-order chi connectivity index (χ0) is 25.8. The Kier molecular flexibility index (Phi) is 5.77. The molecule has 36 heavy (non-hydrogen) atoms. The van der Waals surface area contributed by atoms with Gasteiger partial charge < -0.3 is 15.2 Å². The molecule has 5 rings (SSSR count). The van der Waals surface area contributed by atoms with E-state index in [9.17, 15) is 32.9 Å². The van der Waals surface area contributed by atoms with Crippen molar-refractivity contribution >= 4 is 40.8 Å². The summed E-state index contributed by atoms with van der Waals surface area (Å²) < 4.78 is 28.3. The molecule has 2 fully saturated rings. The van der Waals surface area contributed by atoms with Gasteiger partial charge in [-0.2, -0.15) is 0 Å². The molecule has 12 heteroatoms. The molecule has 2 saturated carbocycles. The lowest BCUT2D eigenvalue weighted by molar-refractivity contribution is -0.127. The van der Waals surface area contributed by atoms with E-state index < -0.39 is 46.1 Å². The number of rotatable bonds is 6. The number of hydrogen-bond donors (Lipinski definition) is 2. The summed E-state index contributed by atoms with van der Waals surface area (Å²) in [5.74, 6) is -5.49. The van der Waals surface area contributed by atoms with E-state index >= 15 is 0 Å². The summed E-state index contributed by atoms with van der Waals surface area (Å²) in [6.45, 7) is 0.371. The van der Waals surface area contributed by atoms with Gasteiger partial charge in [0.15, 0.2) is 11.6 Å². The van der Waals surface area contributed by atoms with Crippen molar-refractivity contribution in [3.63, 3.8) is 0 Å². The van der Waals surface area contributed by atoms with Gasteiger partial charge in [0, 0.05) is 34.7 Å². The molecule has 0 saturated heterocycles. The Morgan fingerprint density at radius 2 is 1.78 bits per heavy atom. The third-order valence-electron chi connectivity index (χ3n) is 7.69. The molecule has 1 aromatic carbocycles. The summed E-state index contributed by atoms with van der Waals surface area (Å²) in [5, 5.41) is 7.59. The SMILES string of the molecule is O=NC(=O)C12CCC(NC(=O)C(=O)c3c(Cl)c(C(=O)Nc4ccc(F)c(F)c4)c4n3CCC4)(CC1)C2. The number of aromatic nitrogens is 1. The summed E-state index contributed by atoms with van der Waals surface area (Å²) in [4.78, 5) is 62.1. The lowest BCUT2D eigenvalue weighted by Gasteiger charge is -2.27. The molecule has 1 aromatic heterocycles. The number of anilines is 1. The normalized spacial score (nSPS) is 23.9. The maximum atomic E-state index is 13.6. The van der Waals surface area contributed by atoms with Crippen LogP contribution in [0, 0.1) is 22.0 Å². The predicted molar refractivity (Wildman–Crippen MR) is 124 cm³/mol. The van der Waals surface area contributed by atoms with Crippen LogP contribution in [-0.4, -0.2) is 33.6 Å². The maximum Gasteiger partial charge on any atom is 0.294 e. The monoisotopic (exact) mass is 518 g/mol. The highest BCUT2D eigenvalue weighted by atomic mass is 35.5. The van der Waals surface area contributed by atoms with Crippen molar-refractivity contribution in [2.45, 2.75) is 57.0 Å². The average molecular weight is 519 g/mol. The molecule has 2 aromatic rings. The second-order valence-corrected chi connectivity index (χ2v) is 10.1. The van der Waals surface area contributed by atoms with Gasteiger partial charge in [0.1, 0.15) is 5.69 Å². The Bertz CT molecular complexity index is 1350. The van der Waals surface area contributed by atoms with E-state index in [2.05, 4.69) is 15.8 Å². The Balaban J connectivity index is 1.39. The molecule has 3 amide bonds. The number of nitrogens with one attached hydrogen (secondary N) is 2. The van der Waals surface area contributed by atoms with E-state index in [-0.39, 0.29) is 28.4 Å². The fraction of sp³-hybridized carbons (Fsp3) is 0.417. The predicted octanol–water partition coefficient (Wildman–Crippen LogP) is 3.91. The van der Waals surface area contributed by atoms with Gasteiger partial charge in [-0.25, -0.2) is 8.78 Å². The van der Waals surface area contributed by atoms with Crippen molar-refractivity contribution in [3.8, 4) is 0 Å². The van der Waals surface area contributed by atoms with E-state index in [1.165, 1.54) is 10.6 Å².